The van der Waals surface area contributed by atoms with Gasteiger partial charge in [0.2, 0.25) is 5.91 Å². The lowest BCUT2D eigenvalue weighted by atomic mass is 10.2. The maximum Gasteiger partial charge on any atom is 0.231 e. The van der Waals surface area contributed by atoms with Crippen molar-refractivity contribution in [1.82, 2.24) is 0 Å². The second kappa shape index (κ2) is 3.71. The van der Waals surface area contributed by atoms with Crippen molar-refractivity contribution in [2.75, 3.05) is 18.1 Å². The highest BCUT2D eigenvalue weighted by molar-refractivity contribution is 9.10. The monoisotopic (exact) mass is 255 g/mol. The maximum atomic E-state index is 11.6. The summed E-state index contributed by atoms with van der Waals surface area (Å²) in [5.74, 6) is 0.0564. The third-order valence-corrected chi connectivity index (χ3v) is 2.95. The Kier molecular flexibility index (Phi) is 2.56. The second-order valence-electron chi connectivity index (χ2n) is 3.19. The number of aliphatic hydroxyl groups excluding tert-OH is 1. The summed E-state index contributed by atoms with van der Waals surface area (Å²) in [4.78, 5) is 13.2. The van der Waals surface area contributed by atoms with Gasteiger partial charge in [0.15, 0.2) is 0 Å². The number of hydrogen-bond acceptors (Lipinski definition) is 2. The molecule has 0 unspecified atom stereocenters. The first-order valence-corrected chi connectivity index (χ1v) is 5.22. The van der Waals surface area contributed by atoms with E-state index in [0.29, 0.717) is 13.0 Å². The van der Waals surface area contributed by atoms with Crippen molar-refractivity contribution in [3.63, 3.8) is 0 Å². The molecule has 4 heteroatoms. The van der Waals surface area contributed by atoms with E-state index >= 15 is 0 Å². The normalized spacial score (nSPS) is 14.7. The standard InChI is InChI=1S/C10H10BrNO2/c11-8-3-1-2-7-6-9(14)12(4-5-13)10(7)8/h1-3,13H,4-6H2. The van der Waals surface area contributed by atoms with Crippen molar-refractivity contribution >= 4 is 27.5 Å². The molecule has 0 aromatic heterocycles. The van der Waals surface area contributed by atoms with Gasteiger partial charge in [-0.3, -0.25) is 4.79 Å². The first-order chi connectivity index (χ1) is 6.74. The molecule has 1 N–H and O–H groups in total. The van der Waals surface area contributed by atoms with Gasteiger partial charge in [0.25, 0.3) is 0 Å². The number of aliphatic hydroxyl groups is 1. The predicted octanol–water partition coefficient (Wildman–Crippen LogP) is 1.33. The summed E-state index contributed by atoms with van der Waals surface area (Å²) in [5.41, 5.74) is 1.93. The molecule has 1 aromatic carbocycles. The minimum atomic E-state index is -0.00743. The molecule has 0 fully saturated rings. The summed E-state index contributed by atoms with van der Waals surface area (Å²) < 4.78 is 0.911. The van der Waals surface area contributed by atoms with Crippen LogP contribution in [0.2, 0.25) is 0 Å². The Morgan fingerprint density at radius 2 is 2.29 bits per heavy atom. The molecule has 1 aliphatic rings. The molecule has 3 nitrogen and oxygen atoms in total. The van der Waals surface area contributed by atoms with Gasteiger partial charge in [-0.25, -0.2) is 0 Å². The van der Waals surface area contributed by atoms with Crippen molar-refractivity contribution in [3.8, 4) is 0 Å². The van der Waals surface area contributed by atoms with E-state index in [4.69, 9.17) is 5.11 Å². The zero-order chi connectivity index (χ0) is 10.1. The minimum Gasteiger partial charge on any atom is -0.395 e. The van der Waals surface area contributed by atoms with E-state index in [0.717, 1.165) is 15.7 Å². The number of hydrogen-bond donors (Lipinski definition) is 1. The largest absolute Gasteiger partial charge is 0.395 e. The van der Waals surface area contributed by atoms with E-state index in [1.807, 2.05) is 18.2 Å². The Balaban J connectivity index is 2.44. The van der Waals surface area contributed by atoms with Gasteiger partial charge in [-0.2, -0.15) is 0 Å². The highest BCUT2D eigenvalue weighted by Gasteiger charge is 2.28. The highest BCUT2D eigenvalue weighted by Crippen LogP contribution is 2.35. The number of carbonyl (C=O) groups is 1. The Hall–Kier alpha value is -0.870. The summed E-state index contributed by atoms with van der Waals surface area (Å²) in [7, 11) is 0. The van der Waals surface area contributed by atoms with E-state index < -0.39 is 0 Å². The Labute approximate surface area is 90.5 Å². The lowest BCUT2D eigenvalue weighted by Crippen LogP contribution is -2.29. The van der Waals surface area contributed by atoms with E-state index in [1.54, 1.807) is 4.90 Å². The van der Waals surface area contributed by atoms with Gasteiger partial charge in [-0.05, 0) is 27.6 Å². The Morgan fingerprint density at radius 3 is 3.00 bits per heavy atom. The molecule has 14 heavy (non-hydrogen) atoms. The van der Waals surface area contributed by atoms with E-state index in [2.05, 4.69) is 15.9 Å². The summed E-state index contributed by atoms with van der Waals surface area (Å²) in [6.45, 7) is 0.362. The van der Waals surface area contributed by atoms with Crippen LogP contribution in [0.4, 0.5) is 5.69 Å². The molecule has 0 aliphatic carbocycles. The van der Waals surface area contributed by atoms with Crippen LogP contribution in [-0.2, 0) is 11.2 Å². The summed E-state index contributed by atoms with van der Waals surface area (Å²) in [6, 6.07) is 5.76. The summed E-state index contributed by atoms with van der Waals surface area (Å²) in [6.07, 6.45) is 0.439. The van der Waals surface area contributed by atoms with Gasteiger partial charge >= 0.3 is 0 Å². The lowest BCUT2D eigenvalue weighted by molar-refractivity contribution is -0.117. The van der Waals surface area contributed by atoms with Crippen LogP contribution in [-0.4, -0.2) is 24.2 Å². The fraction of sp³-hybridized carbons (Fsp3) is 0.300. The number of amides is 1. The molecule has 0 saturated heterocycles. The highest BCUT2D eigenvalue weighted by atomic mass is 79.9. The smallest absolute Gasteiger partial charge is 0.231 e. The first-order valence-electron chi connectivity index (χ1n) is 4.42. The second-order valence-corrected chi connectivity index (χ2v) is 4.05. The molecule has 0 spiro atoms. The van der Waals surface area contributed by atoms with E-state index in [9.17, 15) is 4.79 Å². The number of carbonyl (C=O) groups excluding carboxylic acids is 1. The van der Waals surface area contributed by atoms with Gasteiger partial charge in [0.05, 0.1) is 18.7 Å². The number of nitrogens with zero attached hydrogens (tertiary/aromatic N) is 1. The van der Waals surface area contributed by atoms with Gasteiger partial charge in [0.1, 0.15) is 0 Å². The summed E-state index contributed by atoms with van der Waals surface area (Å²) in [5, 5.41) is 8.85. The molecule has 1 aromatic rings. The van der Waals surface area contributed by atoms with Crippen molar-refractivity contribution in [3.05, 3.63) is 28.2 Å². The molecular weight excluding hydrogens is 246 g/mol. The molecule has 0 saturated carbocycles. The molecule has 1 amide bonds. The predicted molar refractivity (Wildman–Crippen MR) is 57.3 cm³/mol. The van der Waals surface area contributed by atoms with Crippen LogP contribution in [0.3, 0.4) is 0 Å². The number of para-hydroxylation sites is 1. The number of β-amino-alcohol motifs (C(OH)–C–C–N with tert-alkyl or cyclic N) is 1. The van der Waals surface area contributed by atoms with Crippen LogP contribution in [0.15, 0.2) is 22.7 Å². The van der Waals surface area contributed by atoms with Crippen LogP contribution < -0.4 is 4.90 Å². The Bertz CT molecular complexity index is 378. The van der Waals surface area contributed by atoms with Crippen molar-refractivity contribution in [2.45, 2.75) is 6.42 Å². The minimum absolute atomic E-state index is 0.00743. The van der Waals surface area contributed by atoms with Gasteiger partial charge in [-0.1, -0.05) is 12.1 Å². The fourth-order valence-electron chi connectivity index (χ4n) is 1.72. The van der Waals surface area contributed by atoms with Gasteiger partial charge in [0, 0.05) is 11.0 Å². The number of benzene rings is 1. The molecule has 0 radical (unpaired) electrons. The fourth-order valence-corrected chi connectivity index (χ4v) is 2.35. The molecule has 1 aliphatic heterocycles. The first kappa shape index (κ1) is 9.68. The quantitative estimate of drug-likeness (QED) is 0.867. The zero-order valence-corrected chi connectivity index (χ0v) is 9.12. The van der Waals surface area contributed by atoms with Gasteiger partial charge < -0.3 is 10.0 Å². The third-order valence-electron chi connectivity index (χ3n) is 2.31. The number of fused-ring (bicyclic) bond motifs is 1. The summed E-state index contributed by atoms with van der Waals surface area (Å²) >= 11 is 3.41. The van der Waals surface area contributed by atoms with Crippen molar-refractivity contribution in [2.24, 2.45) is 0 Å². The lowest BCUT2D eigenvalue weighted by Gasteiger charge is -2.16. The third kappa shape index (κ3) is 1.44. The molecule has 1 heterocycles. The molecule has 2 rings (SSSR count). The average Bonchev–Trinajstić information content (AvgIpc) is 2.45. The van der Waals surface area contributed by atoms with Gasteiger partial charge in [-0.15, -0.1) is 0 Å². The molecule has 0 atom stereocenters. The average molecular weight is 256 g/mol. The Morgan fingerprint density at radius 1 is 1.50 bits per heavy atom. The van der Waals surface area contributed by atoms with Crippen LogP contribution in [0.1, 0.15) is 5.56 Å². The van der Waals surface area contributed by atoms with E-state index in [1.165, 1.54) is 0 Å². The van der Waals surface area contributed by atoms with Crippen molar-refractivity contribution in [1.29, 1.82) is 0 Å². The zero-order valence-electron chi connectivity index (χ0n) is 7.53. The SMILES string of the molecule is O=C1Cc2cccc(Br)c2N1CCO. The van der Waals surface area contributed by atoms with E-state index in [-0.39, 0.29) is 12.5 Å². The van der Waals surface area contributed by atoms with Crippen LogP contribution >= 0.6 is 15.9 Å². The van der Waals surface area contributed by atoms with Crippen LogP contribution in [0.5, 0.6) is 0 Å². The maximum absolute atomic E-state index is 11.6. The molecular formula is C10H10BrNO2. The number of anilines is 1. The topological polar surface area (TPSA) is 40.5 Å². The number of rotatable bonds is 2. The number of halogens is 1. The van der Waals surface area contributed by atoms with Crippen LogP contribution in [0, 0.1) is 0 Å². The molecule has 74 valence electrons. The van der Waals surface area contributed by atoms with Crippen LogP contribution in [0.25, 0.3) is 0 Å². The van der Waals surface area contributed by atoms with Crippen molar-refractivity contribution < 1.29 is 9.90 Å². The molecule has 0 bridgehead atoms.